The zero-order valence-electron chi connectivity index (χ0n) is 17.6. The molecule has 0 aliphatic rings. The monoisotopic (exact) mass is 414 g/mol. The van der Waals surface area contributed by atoms with E-state index in [-0.39, 0.29) is 42.8 Å². The Morgan fingerprint density at radius 2 is 1.19 bits per heavy atom. The first-order valence-corrected chi connectivity index (χ1v) is 11.7. The zero-order chi connectivity index (χ0) is 19.3. The summed E-state index contributed by atoms with van der Waals surface area (Å²) in [6, 6.07) is 0. The summed E-state index contributed by atoms with van der Waals surface area (Å²) in [5.74, 6) is 0. The molecule has 0 saturated heterocycles. The van der Waals surface area contributed by atoms with Gasteiger partial charge < -0.3 is 9.29 Å². The van der Waals surface area contributed by atoms with Crippen LogP contribution in [0.4, 0.5) is 0 Å². The molecule has 27 heavy (non-hydrogen) atoms. The first-order chi connectivity index (χ1) is 12.6. The molecular formula is C20H39NaO5S. The number of hydrogen-bond acceptors (Lipinski definition) is 5. The van der Waals surface area contributed by atoms with Gasteiger partial charge in [0.15, 0.2) is 0 Å². The van der Waals surface area contributed by atoms with E-state index in [1.807, 2.05) is 0 Å². The minimum Gasteiger partial charge on any atom is -0.726 e. The summed E-state index contributed by atoms with van der Waals surface area (Å²) >= 11 is 0. The average Bonchev–Trinajstić information content (AvgIpc) is 2.59. The standard InChI is InChI=1S/C20H40O5S.Na/c1-2-3-4-5-6-7-8-9-10-11-12-13-14-15-16-17-18-24-19-20-25-26(21,22)23;/h9-10H,2-8,11-20H2,1H3,(H,21,22,23);/q;+1/p-1/b10-9-;. The van der Waals surface area contributed by atoms with Crippen molar-refractivity contribution in [2.45, 2.75) is 96.8 Å². The van der Waals surface area contributed by atoms with Crippen molar-refractivity contribution in [2.24, 2.45) is 0 Å². The summed E-state index contributed by atoms with van der Waals surface area (Å²) < 4.78 is 39.8. The molecule has 0 atom stereocenters. The van der Waals surface area contributed by atoms with Crippen LogP contribution < -0.4 is 29.6 Å². The fourth-order valence-electron chi connectivity index (χ4n) is 2.75. The van der Waals surface area contributed by atoms with E-state index in [2.05, 4.69) is 23.3 Å². The summed E-state index contributed by atoms with van der Waals surface area (Å²) in [5, 5.41) is 0. The molecule has 0 aliphatic heterocycles. The van der Waals surface area contributed by atoms with Crippen LogP contribution in [0.1, 0.15) is 96.8 Å². The van der Waals surface area contributed by atoms with E-state index in [9.17, 15) is 13.0 Å². The van der Waals surface area contributed by atoms with Gasteiger partial charge >= 0.3 is 29.6 Å². The molecule has 5 nitrogen and oxygen atoms in total. The number of rotatable bonds is 20. The third-order valence-corrected chi connectivity index (χ3v) is 4.71. The fourth-order valence-corrected chi connectivity index (χ4v) is 3.02. The van der Waals surface area contributed by atoms with E-state index < -0.39 is 10.4 Å². The van der Waals surface area contributed by atoms with E-state index >= 15 is 0 Å². The van der Waals surface area contributed by atoms with Gasteiger partial charge in [0, 0.05) is 6.61 Å². The van der Waals surface area contributed by atoms with Crippen LogP contribution in [0, 0.1) is 0 Å². The molecule has 0 rings (SSSR count). The van der Waals surface area contributed by atoms with Gasteiger partial charge in [-0.05, 0) is 32.1 Å². The Labute approximate surface area is 189 Å². The Kier molecular flexibility index (Phi) is 25.2. The van der Waals surface area contributed by atoms with E-state index in [0.29, 0.717) is 6.61 Å². The fraction of sp³-hybridized carbons (Fsp3) is 0.900. The van der Waals surface area contributed by atoms with Gasteiger partial charge in [-0.1, -0.05) is 76.9 Å². The summed E-state index contributed by atoms with van der Waals surface area (Å²) in [7, 11) is -4.58. The molecule has 0 heterocycles. The van der Waals surface area contributed by atoms with Gasteiger partial charge in [-0.2, -0.15) is 0 Å². The first-order valence-electron chi connectivity index (χ1n) is 10.4. The van der Waals surface area contributed by atoms with E-state index in [1.165, 1.54) is 77.0 Å². The zero-order valence-corrected chi connectivity index (χ0v) is 20.4. The quantitative estimate of drug-likeness (QED) is 0.101. The van der Waals surface area contributed by atoms with Crippen molar-refractivity contribution >= 4 is 10.4 Å². The van der Waals surface area contributed by atoms with Crippen LogP contribution in [0.5, 0.6) is 0 Å². The predicted molar refractivity (Wildman–Crippen MR) is 106 cm³/mol. The molecule has 0 aliphatic carbocycles. The molecule has 0 N–H and O–H groups in total. The molecular weight excluding hydrogens is 375 g/mol. The minimum absolute atomic E-state index is 0. The van der Waals surface area contributed by atoms with Crippen LogP contribution in [0.25, 0.3) is 0 Å². The topological polar surface area (TPSA) is 75.7 Å². The van der Waals surface area contributed by atoms with E-state index in [1.54, 1.807) is 0 Å². The van der Waals surface area contributed by atoms with Gasteiger partial charge in [0.1, 0.15) is 0 Å². The summed E-state index contributed by atoms with van der Waals surface area (Å²) in [4.78, 5) is 0. The van der Waals surface area contributed by atoms with Crippen LogP contribution in [-0.2, 0) is 19.3 Å². The molecule has 0 bridgehead atoms. The maximum atomic E-state index is 10.2. The van der Waals surface area contributed by atoms with Gasteiger partial charge in [-0.3, -0.25) is 4.18 Å². The molecule has 156 valence electrons. The average molecular weight is 415 g/mol. The summed E-state index contributed by atoms with van der Waals surface area (Å²) in [5.41, 5.74) is 0. The largest absolute Gasteiger partial charge is 1.00 e. The van der Waals surface area contributed by atoms with Gasteiger partial charge in [0.2, 0.25) is 10.4 Å². The Bertz CT molecular complexity index is 413. The van der Waals surface area contributed by atoms with E-state index in [0.717, 1.165) is 12.8 Å². The molecule has 0 aromatic heterocycles. The molecule has 0 aromatic rings. The second-order valence-corrected chi connectivity index (χ2v) is 7.83. The third-order valence-electron chi connectivity index (χ3n) is 4.26. The van der Waals surface area contributed by atoms with Crippen molar-refractivity contribution in [3.05, 3.63) is 12.2 Å². The van der Waals surface area contributed by atoms with Crippen LogP contribution in [0.3, 0.4) is 0 Å². The Morgan fingerprint density at radius 3 is 1.70 bits per heavy atom. The predicted octanol–water partition coefficient (Wildman–Crippen LogP) is 2.52. The number of hydrogen-bond donors (Lipinski definition) is 0. The van der Waals surface area contributed by atoms with Gasteiger partial charge in [0.05, 0.1) is 13.2 Å². The second kappa shape index (κ2) is 22.9. The molecule has 0 aromatic carbocycles. The van der Waals surface area contributed by atoms with Crippen molar-refractivity contribution in [3.63, 3.8) is 0 Å². The van der Waals surface area contributed by atoms with Crippen molar-refractivity contribution in [3.8, 4) is 0 Å². The van der Waals surface area contributed by atoms with Gasteiger partial charge in [-0.15, -0.1) is 0 Å². The summed E-state index contributed by atoms with van der Waals surface area (Å²) in [6.07, 6.45) is 22.4. The van der Waals surface area contributed by atoms with Crippen LogP contribution in [-0.4, -0.2) is 32.8 Å². The van der Waals surface area contributed by atoms with Crippen LogP contribution in [0.2, 0.25) is 0 Å². The Morgan fingerprint density at radius 1 is 0.704 bits per heavy atom. The molecule has 0 radical (unpaired) electrons. The SMILES string of the molecule is CCCCCCCC/C=C\CCCCCCCCOCCOS(=O)(=O)[O-].[Na+]. The normalized spacial score (nSPS) is 11.8. The Balaban J connectivity index is 0. The van der Waals surface area contributed by atoms with Gasteiger partial charge in [-0.25, -0.2) is 8.42 Å². The molecule has 0 saturated carbocycles. The second-order valence-electron chi connectivity index (χ2n) is 6.78. The van der Waals surface area contributed by atoms with Gasteiger partial charge in [0.25, 0.3) is 0 Å². The smallest absolute Gasteiger partial charge is 0.726 e. The van der Waals surface area contributed by atoms with Crippen molar-refractivity contribution < 1.29 is 51.4 Å². The van der Waals surface area contributed by atoms with Crippen molar-refractivity contribution in [1.29, 1.82) is 0 Å². The Hall–Kier alpha value is 0.570. The maximum absolute atomic E-state index is 10.2. The third kappa shape index (κ3) is 28.9. The molecule has 0 unspecified atom stereocenters. The van der Waals surface area contributed by atoms with E-state index in [4.69, 9.17) is 4.74 Å². The molecule has 0 spiro atoms. The molecule has 0 amide bonds. The van der Waals surface area contributed by atoms with Crippen LogP contribution in [0.15, 0.2) is 12.2 Å². The first kappa shape index (κ1) is 29.8. The van der Waals surface area contributed by atoms with Crippen molar-refractivity contribution in [1.82, 2.24) is 0 Å². The maximum Gasteiger partial charge on any atom is 1.00 e. The minimum atomic E-state index is -4.58. The number of unbranched alkanes of at least 4 members (excludes halogenated alkanes) is 12. The number of ether oxygens (including phenoxy) is 1. The number of allylic oxidation sites excluding steroid dienone is 2. The summed E-state index contributed by atoms with van der Waals surface area (Å²) in [6.45, 7) is 2.79. The van der Waals surface area contributed by atoms with Crippen LogP contribution >= 0.6 is 0 Å². The van der Waals surface area contributed by atoms with Crippen molar-refractivity contribution in [2.75, 3.05) is 19.8 Å². The molecule has 0 fully saturated rings. The molecule has 7 heteroatoms.